The normalized spacial score (nSPS) is 28.4. The number of hydrogen-bond donors (Lipinski definition) is 2. The van der Waals surface area contributed by atoms with Crippen LogP contribution < -0.4 is 11.1 Å². The van der Waals surface area contributed by atoms with Crippen LogP contribution in [0.1, 0.15) is 100 Å². The molecule has 1 aliphatic rings. The molecule has 27 heavy (non-hydrogen) atoms. The van der Waals surface area contributed by atoms with Gasteiger partial charge in [0.25, 0.3) is 0 Å². The molecule has 0 radical (unpaired) electrons. The summed E-state index contributed by atoms with van der Waals surface area (Å²) >= 11 is 0. The Morgan fingerprint density at radius 2 is 1.63 bits per heavy atom. The summed E-state index contributed by atoms with van der Waals surface area (Å²) in [4.78, 5) is 0. The van der Waals surface area contributed by atoms with Gasteiger partial charge in [-0.3, -0.25) is 0 Å². The number of nitrogens with two attached hydrogens (primary N) is 1. The lowest BCUT2D eigenvalue weighted by Gasteiger charge is -2.44. The molecule has 0 aromatic rings. The monoisotopic (exact) mass is 386 g/mol. The quantitative estimate of drug-likeness (QED) is 0.384. The first-order valence-corrected chi connectivity index (χ1v) is 12.0. The second-order valence-electron chi connectivity index (χ2n) is 8.80. The Balaban J connectivity index is 0.00000326. The van der Waals surface area contributed by atoms with E-state index in [1.54, 1.807) is 0 Å². The predicted octanol–water partition coefficient (Wildman–Crippen LogP) is 6.79. The molecule has 0 aromatic heterocycles. The molecular formula is C24H51FN2. The fraction of sp³-hybridized carbons (Fsp3) is 1.00. The van der Waals surface area contributed by atoms with Crippen LogP contribution in [-0.4, -0.2) is 18.9 Å². The maximum atomic E-state index is 13.9. The average Bonchev–Trinajstić information content (AvgIpc) is 2.65. The zero-order valence-electron chi connectivity index (χ0n) is 19.7. The predicted molar refractivity (Wildman–Crippen MR) is 120 cm³/mol. The first kappa shape index (κ1) is 26.9. The van der Waals surface area contributed by atoms with E-state index >= 15 is 0 Å². The standard InChI is InChI=1S/C22H45FN2.C2H6/c1-7-10-15(4)21(22(24)25-9-3)19(11-8-2)17(6)18-12-13-20(23)16(5)14-18;1-2/h15-22,25H,7-14,24H2,1-6H3;1-2H3. The fourth-order valence-corrected chi connectivity index (χ4v) is 5.43. The van der Waals surface area contributed by atoms with E-state index in [9.17, 15) is 4.39 Å². The highest BCUT2D eigenvalue weighted by Crippen LogP contribution is 2.43. The molecule has 1 fully saturated rings. The molecule has 1 rings (SSSR count). The second kappa shape index (κ2) is 14.8. The lowest BCUT2D eigenvalue weighted by Crippen LogP contribution is -2.51. The molecular weight excluding hydrogens is 335 g/mol. The number of nitrogens with one attached hydrogen (secondary N) is 1. The number of rotatable bonds is 11. The van der Waals surface area contributed by atoms with Crippen molar-refractivity contribution in [2.75, 3.05) is 6.54 Å². The summed E-state index contributed by atoms with van der Waals surface area (Å²) in [6.45, 7) is 18.6. The van der Waals surface area contributed by atoms with Gasteiger partial charge in [-0.2, -0.15) is 0 Å². The minimum absolute atomic E-state index is 0.0699. The van der Waals surface area contributed by atoms with E-state index in [0.29, 0.717) is 29.6 Å². The molecule has 3 N–H and O–H groups in total. The van der Waals surface area contributed by atoms with Crippen LogP contribution in [0.2, 0.25) is 0 Å². The van der Waals surface area contributed by atoms with Gasteiger partial charge in [-0.15, -0.1) is 0 Å². The molecule has 0 amide bonds. The van der Waals surface area contributed by atoms with Crippen LogP contribution in [0.4, 0.5) is 4.39 Å². The van der Waals surface area contributed by atoms with Crippen molar-refractivity contribution < 1.29 is 4.39 Å². The number of alkyl halides is 1. The zero-order valence-corrected chi connectivity index (χ0v) is 19.7. The lowest BCUT2D eigenvalue weighted by molar-refractivity contribution is 0.0468. The van der Waals surface area contributed by atoms with Gasteiger partial charge in [0, 0.05) is 0 Å². The first-order valence-electron chi connectivity index (χ1n) is 12.0. The van der Waals surface area contributed by atoms with Crippen molar-refractivity contribution in [2.45, 2.75) is 113 Å². The zero-order chi connectivity index (χ0) is 21.0. The molecule has 0 spiro atoms. The van der Waals surface area contributed by atoms with Crippen LogP contribution in [-0.2, 0) is 0 Å². The molecule has 8 unspecified atom stereocenters. The Labute approximate surface area is 170 Å². The van der Waals surface area contributed by atoms with E-state index in [0.717, 1.165) is 25.8 Å². The summed E-state index contributed by atoms with van der Waals surface area (Å²) in [7, 11) is 0. The van der Waals surface area contributed by atoms with Gasteiger partial charge in [-0.1, -0.05) is 81.1 Å². The van der Waals surface area contributed by atoms with E-state index in [-0.39, 0.29) is 12.1 Å². The third-order valence-corrected chi connectivity index (χ3v) is 6.90. The van der Waals surface area contributed by atoms with Gasteiger partial charge in [0.1, 0.15) is 6.17 Å². The maximum Gasteiger partial charge on any atom is 0.103 e. The minimum Gasteiger partial charge on any atom is -0.316 e. The van der Waals surface area contributed by atoms with Crippen molar-refractivity contribution >= 4 is 0 Å². The highest BCUT2D eigenvalue weighted by Gasteiger charge is 2.39. The van der Waals surface area contributed by atoms with Crippen LogP contribution in [0.15, 0.2) is 0 Å². The molecule has 0 saturated heterocycles. The maximum absolute atomic E-state index is 13.9. The SMILES string of the molecule is CC.CCCC(C)C(C(N)NCC)C(CCC)C(C)C1CCC(F)C(C)C1. The van der Waals surface area contributed by atoms with Crippen LogP contribution >= 0.6 is 0 Å². The number of halogens is 1. The van der Waals surface area contributed by atoms with Crippen molar-refractivity contribution in [3.8, 4) is 0 Å². The first-order chi connectivity index (χ1) is 12.9. The summed E-state index contributed by atoms with van der Waals surface area (Å²) in [5.74, 6) is 3.28. The molecule has 2 nitrogen and oxygen atoms in total. The van der Waals surface area contributed by atoms with Crippen molar-refractivity contribution in [1.29, 1.82) is 0 Å². The fourth-order valence-electron chi connectivity index (χ4n) is 5.43. The molecule has 0 aromatic carbocycles. The lowest BCUT2D eigenvalue weighted by atomic mass is 9.64. The van der Waals surface area contributed by atoms with Gasteiger partial charge >= 0.3 is 0 Å². The van der Waals surface area contributed by atoms with Gasteiger partial charge < -0.3 is 11.1 Å². The van der Waals surface area contributed by atoms with E-state index < -0.39 is 6.17 Å². The molecule has 0 bridgehead atoms. The van der Waals surface area contributed by atoms with Gasteiger partial charge in [0.15, 0.2) is 0 Å². The highest BCUT2D eigenvalue weighted by molar-refractivity contribution is 4.89. The van der Waals surface area contributed by atoms with E-state index in [4.69, 9.17) is 5.73 Å². The Kier molecular flexibility index (Phi) is 14.7. The van der Waals surface area contributed by atoms with Crippen molar-refractivity contribution in [3.63, 3.8) is 0 Å². The van der Waals surface area contributed by atoms with Gasteiger partial charge in [0.2, 0.25) is 0 Å². The van der Waals surface area contributed by atoms with Crippen LogP contribution in [0.25, 0.3) is 0 Å². The molecule has 0 heterocycles. The minimum atomic E-state index is -0.591. The van der Waals surface area contributed by atoms with Crippen molar-refractivity contribution in [3.05, 3.63) is 0 Å². The van der Waals surface area contributed by atoms with Crippen molar-refractivity contribution in [1.82, 2.24) is 5.32 Å². The van der Waals surface area contributed by atoms with Crippen LogP contribution in [0.3, 0.4) is 0 Å². The van der Waals surface area contributed by atoms with Gasteiger partial charge in [0.05, 0.1) is 6.17 Å². The Bertz CT molecular complexity index is 337. The molecule has 8 atom stereocenters. The summed E-state index contributed by atoms with van der Waals surface area (Å²) in [6.07, 6.45) is 7.24. The smallest absolute Gasteiger partial charge is 0.103 e. The average molecular weight is 387 g/mol. The second-order valence-corrected chi connectivity index (χ2v) is 8.80. The third-order valence-electron chi connectivity index (χ3n) is 6.90. The van der Waals surface area contributed by atoms with Gasteiger partial charge in [-0.25, -0.2) is 4.39 Å². The summed E-state index contributed by atoms with van der Waals surface area (Å²) in [5.41, 5.74) is 6.64. The topological polar surface area (TPSA) is 38.0 Å². The Hall–Kier alpha value is -0.150. The van der Waals surface area contributed by atoms with Crippen molar-refractivity contribution in [2.24, 2.45) is 41.2 Å². The van der Waals surface area contributed by atoms with E-state index in [1.165, 1.54) is 25.7 Å². The summed E-state index contributed by atoms with van der Waals surface area (Å²) in [6, 6.07) is 0. The van der Waals surface area contributed by atoms with Crippen LogP contribution in [0, 0.1) is 35.5 Å². The highest BCUT2D eigenvalue weighted by atomic mass is 19.1. The van der Waals surface area contributed by atoms with Crippen LogP contribution in [0.5, 0.6) is 0 Å². The number of hydrogen-bond acceptors (Lipinski definition) is 2. The molecule has 3 heteroatoms. The van der Waals surface area contributed by atoms with E-state index in [1.807, 2.05) is 13.8 Å². The Morgan fingerprint density at radius 1 is 1.04 bits per heavy atom. The summed E-state index contributed by atoms with van der Waals surface area (Å²) in [5, 5.41) is 3.52. The molecule has 1 aliphatic carbocycles. The molecule has 0 aliphatic heterocycles. The largest absolute Gasteiger partial charge is 0.316 e. The third kappa shape index (κ3) is 8.40. The van der Waals surface area contributed by atoms with E-state index in [2.05, 4.69) is 46.9 Å². The molecule has 1 saturated carbocycles. The summed E-state index contributed by atoms with van der Waals surface area (Å²) < 4.78 is 13.9. The Morgan fingerprint density at radius 3 is 2.11 bits per heavy atom. The van der Waals surface area contributed by atoms with Gasteiger partial charge in [-0.05, 0) is 61.3 Å². The molecule has 164 valence electrons.